The van der Waals surface area contributed by atoms with Crippen molar-refractivity contribution in [3.8, 4) is 0 Å². The van der Waals surface area contributed by atoms with Gasteiger partial charge in [-0.1, -0.05) is 0 Å². The number of nitrogens with one attached hydrogen (secondary N) is 2. The van der Waals surface area contributed by atoms with Crippen LogP contribution in [0.25, 0.3) is 11.0 Å². The number of ether oxygens (including phenoxy) is 1. The van der Waals surface area contributed by atoms with E-state index in [-0.39, 0.29) is 23.1 Å². The van der Waals surface area contributed by atoms with Crippen LogP contribution in [0, 0.1) is 5.41 Å². The Bertz CT molecular complexity index is 898. The smallest absolute Gasteiger partial charge is 0.404 e. The molecule has 1 spiro atoms. The van der Waals surface area contributed by atoms with Gasteiger partial charge in [0.05, 0.1) is 24.9 Å². The van der Waals surface area contributed by atoms with Gasteiger partial charge in [-0.2, -0.15) is 10.1 Å². The van der Waals surface area contributed by atoms with Gasteiger partial charge in [-0.3, -0.25) is 14.5 Å². The maximum atomic E-state index is 12.5. The zero-order valence-corrected chi connectivity index (χ0v) is 14.7. The van der Waals surface area contributed by atoms with Gasteiger partial charge in [0.1, 0.15) is 5.39 Å². The number of H-pyrrole nitrogens is 1. The van der Waals surface area contributed by atoms with E-state index in [0.717, 1.165) is 12.8 Å². The van der Waals surface area contributed by atoms with Crippen molar-refractivity contribution in [3.63, 3.8) is 0 Å². The molecule has 2 fully saturated rings. The molecule has 10 nitrogen and oxygen atoms in total. The number of fused-ring (bicyclic) bond motifs is 1. The molecule has 1 amide bonds. The molecule has 140 valence electrons. The van der Waals surface area contributed by atoms with E-state index in [0.29, 0.717) is 36.7 Å². The maximum Gasteiger partial charge on any atom is 0.404 e. The van der Waals surface area contributed by atoms with Crippen molar-refractivity contribution in [1.82, 2.24) is 25.1 Å². The summed E-state index contributed by atoms with van der Waals surface area (Å²) in [6, 6.07) is -0.228. The van der Waals surface area contributed by atoms with E-state index in [1.54, 1.807) is 7.05 Å². The number of hydrogen-bond donors (Lipinski definition) is 3. The van der Waals surface area contributed by atoms with E-state index in [1.807, 2.05) is 6.92 Å². The molecule has 0 saturated carbocycles. The predicted octanol–water partition coefficient (Wildman–Crippen LogP) is 0.298. The molecule has 2 saturated heterocycles. The molecule has 26 heavy (non-hydrogen) atoms. The van der Waals surface area contributed by atoms with Crippen LogP contribution >= 0.6 is 0 Å². The second-order valence-electron chi connectivity index (χ2n) is 7.20. The van der Waals surface area contributed by atoms with Crippen molar-refractivity contribution in [2.45, 2.75) is 31.9 Å². The van der Waals surface area contributed by atoms with Crippen molar-refractivity contribution in [3.05, 3.63) is 16.6 Å². The quantitative estimate of drug-likeness (QED) is 0.701. The number of piperidine rings is 1. The highest BCUT2D eigenvalue weighted by molar-refractivity contribution is 5.74. The Labute approximate surface area is 149 Å². The van der Waals surface area contributed by atoms with Crippen LogP contribution in [0.5, 0.6) is 0 Å². The Balaban J connectivity index is 1.58. The van der Waals surface area contributed by atoms with Crippen LogP contribution in [0.15, 0.2) is 11.0 Å². The number of aromatic nitrogens is 4. The molecule has 10 heteroatoms. The average molecular weight is 362 g/mol. The van der Waals surface area contributed by atoms with E-state index in [9.17, 15) is 9.59 Å². The van der Waals surface area contributed by atoms with E-state index in [2.05, 4.69) is 25.4 Å². The summed E-state index contributed by atoms with van der Waals surface area (Å²) in [6.45, 7) is 3.79. The summed E-state index contributed by atoms with van der Waals surface area (Å²) in [5.41, 5.74) is 0.125. The Morgan fingerprint density at radius 1 is 1.46 bits per heavy atom. The minimum absolute atomic E-state index is 0.137. The van der Waals surface area contributed by atoms with Gasteiger partial charge in [0, 0.05) is 25.6 Å². The zero-order valence-electron chi connectivity index (χ0n) is 14.7. The van der Waals surface area contributed by atoms with Gasteiger partial charge in [0.2, 0.25) is 5.95 Å². The number of hydrogen-bond acceptors (Lipinski definition) is 6. The molecule has 4 heterocycles. The second kappa shape index (κ2) is 5.97. The average Bonchev–Trinajstić information content (AvgIpc) is 3.20. The van der Waals surface area contributed by atoms with Crippen LogP contribution in [0.2, 0.25) is 0 Å². The van der Waals surface area contributed by atoms with Gasteiger partial charge in [0.25, 0.3) is 5.56 Å². The summed E-state index contributed by atoms with van der Waals surface area (Å²) in [7, 11) is 1.71. The lowest BCUT2D eigenvalue weighted by molar-refractivity contribution is 0.0970. The van der Waals surface area contributed by atoms with Crippen LogP contribution < -0.4 is 15.8 Å². The van der Waals surface area contributed by atoms with Crippen molar-refractivity contribution in [2.24, 2.45) is 12.5 Å². The largest absolute Gasteiger partial charge is 0.465 e. The number of anilines is 1. The highest BCUT2D eigenvalue weighted by Gasteiger charge is 2.50. The lowest BCUT2D eigenvalue weighted by atomic mass is 9.73. The molecule has 0 aliphatic carbocycles. The van der Waals surface area contributed by atoms with E-state index in [4.69, 9.17) is 9.84 Å². The minimum Gasteiger partial charge on any atom is -0.465 e. The number of aromatic amines is 1. The lowest BCUT2D eigenvalue weighted by Crippen LogP contribution is -2.54. The van der Waals surface area contributed by atoms with Crippen LogP contribution in [0.1, 0.15) is 19.8 Å². The summed E-state index contributed by atoms with van der Waals surface area (Å²) >= 11 is 0. The maximum absolute atomic E-state index is 12.5. The number of carboxylic acid groups (broad SMARTS) is 1. The molecular weight excluding hydrogens is 340 g/mol. The van der Waals surface area contributed by atoms with Crippen LogP contribution in [0.3, 0.4) is 0 Å². The molecular formula is C16H22N6O4. The molecule has 2 aromatic heterocycles. The summed E-state index contributed by atoms with van der Waals surface area (Å²) < 4.78 is 7.30. The first-order valence-corrected chi connectivity index (χ1v) is 8.67. The van der Waals surface area contributed by atoms with Crippen LogP contribution in [-0.2, 0) is 11.8 Å². The predicted molar refractivity (Wildman–Crippen MR) is 93.4 cm³/mol. The fourth-order valence-corrected chi connectivity index (χ4v) is 4.24. The third-order valence-corrected chi connectivity index (χ3v) is 5.75. The molecule has 2 atom stereocenters. The zero-order chi connectivity index (χ0) is 18.5. The van der Waals surface area contributed by atoms with Gasteiger partial charge in [0.15, 0.2) is 5.65 Å². The molecule has 4 rings (SSSR count). The summed E-state index contributed by atoms with van der Waals surface area (Å²) in [4.78, 5) is 30.2. The Hall–Kier alpha value is -2.62. The number of nitrogens with zero attached hydrogens (tertiary/aromatic N) is 4. The molecule has 2 aromatic rings. The highest BCUT2D eigenvalue weighted by atomic mass is 16.5. The summed E-state index contributed by atoms with van der Waals surface area (Å²) in [5, 5.41) is 18.9. The molecule has 0 unspecified atom stereocenters. The van der Waals surface area contributed by atoms with Gasteiger partial charge in [-0.25, -0.2) is 4.79 Å². The number of rotatable bonds is 2. The topological polar surface area (TPSA) is 125 Å². The summed E-state index contributed by atoms with van der Waals surface area (Å²) in [5.74, 6) is 0.594. The van der Waals surface area contributed by atoms with Gasteiger partial charge in [-0.05, 0) is 19.8 Å². The van der Waals surface area contributed by atoms with Crippen molar-refractivity contribution < 1.29 is 14.6 Å². The standard InChI is InChI=1S/C16H22N6O4/c1-9-11(18-15(24)25)16(8-26-9)3-5-22(6-4-16)14-19-12-10(7-17-20-12)13(23)21(14)2/h7,9,11,18H,3-6,8H2,1-2H3,(H,17,20)(H,24,25)/t9-,11+/m0/s1. The second-order valence-corrected chi connectivity index (χ2v) is 7.20. The molecule has 3 N–H and O–H groups in total. The van der Waals surface area contributed by atoms with Crippen molar-refractivity contribution in [2.75, 3.05) is 24.6 Å². The number of carbonyl (C=O) groups is 1. The van der Waals surface area contributed by atoms with E-state index < -0.39 is 6.09 Å². The fraction of sp³-hybridized carbons (Fsp3) is 0.625. The van der Waals surface area contributed by atoms with Crippen molar-refractivity contribution >= 4 is 23.1 Å². The summed E-state index contributed by atoms with van der Waals surface area (Å²) in [6.07, 6.45) is 1.83. The van der Waals surface area contributed by atoms with Crippen LogP contribution in [0.4, 0.5) is 10.7 Å². The fourth-order valence-electron chi connectivity index (χ4n) is 4.24. The first kappa shape index (κ1) is 16.8. The Morgan fingerprint density at radius 2 is 2.19 bits per heavy atom. The lowest BCUT2D eigenvalue weighted by Gasteiger charge is -2.42. The van der Waals surface area contributed by atoms with Gasteiger partial charge in [-0.15, -0.1) is 0 Å². The van der Waals surface area contributed by atoms with Crippen LogP contribution in [-0.4, -0.2) is 62.8 Å². The Morgan fingerprint density at radius 3 is 2.88 bits per heavy atom. The minimum atomic E-state index is -1.03. The molecule has 2 aliphatic heterocycles. The SMILES string of the molecule is C[C@@H]1OCC2(CCN(c3nc4[nH]ncc4c(=O)n3C)CC2)[C@@H]1NC(=O)O. The normalized spacial score (nSPS) is 25.1. The first-order valence-electron chi connectivity index (χ1n) is 8.67. The van der Waals surface area contributed by atoms with Gasteiger partial charge >= 0.3 is 6.09 Å². The van der Waals surface area contributed by atoms with Gasteiger partial charge < -0.3 is 20.1 Å². The number of amides is 1. The van der Waals surface area contributed by atoms with E-state index in [1.165, 1.54) is 10.8 Å². The first-order chi connectivity index (χ1) is 12.4. The Kier molecular flexibility index (Phi) is 3.87. The third-order valence-electron chi connectivity index (χ3n) is 5.75. The monoisotopic (exact) mass is 362 g/mol. The van der Waals surface area contributed by atoms with Crippen molar-refractivity contribution in [1.29, 1.82) is 0 Å². The molecule has 0 bridgehead atoms. The molecule has 0 radical (unpaired) electrons. The highest BCUT2D eigenvalue weighted by Crippen LogP contribution is 2.42. The third kappa shape index (κ3) is 2.52. The molecule has 0 aromatic carbocycles. The molecule has 2 aliphatic rings. The van der Waals surface area contributed by atoms with E-state index >= 15 is 0 Å².